The molecule has 3 aromatic rings. The van der Waals surface area contributed by atoms with Gasteiger partial charge in [0, 0.05) is 24.7 Å². The first-order valence-corrected chi connectivity index (χ1v) is 8.20. The highest BCUT2D eigenvalue weighted by atomic mass is 16.5. The number of hydrogen-bond donors (Lipinski definition) is 1. The number of ether oxygens (including phenoxy) is 1. The van der Waals surface area contributed by atoms with E-state index >= 15 is 0 Å². The fourth-order valence-corrected chi connectivity index (χ4v) is 2.51. The van der Waals surface area contributed by atoms with E-state index in [-0.39, 0.29) is 5.91 Å². The Bertz CT molecular complexity index is 792. The van der Waals surface area contributed by atoms with Crippen molar-refractivity contribution in [3.63, 3.8) is 0 Å². The third kappa shape index (κ3) is 4.73. The summed E-state index contributed by atoms with van der Waals surface area (Å²) in [7, 11) is 1.65. The zero-order valence-electron chi connectivity index (χ0n) is 14.1. The van der Waals surface area contributed by atoms with Crippen molar-refractivity contribution in [2.75, 3.05) is 7.11 Å². The average molecular weight is 339 g/mol. The molecule has 1 amide bonds. The molecule has 6 heteroatoms. The number of nitrogens with one attached hydrogen (secondary N) is 1. The van der Waals surface area contributed by atoms with Gasteiger partial charge in [-0.1, -0.05) is 12.1 Å². The van der Waals surface area contributed by atoms with Crippen LogP contribution in [0.15, 0.2) is 59.5 Å². The number of furan rings is 1. The molecule has 0 aliphatic rings. The Hall–Kier alpha value is -3.02. The van der Waals surface area contributed by atoms with Gasteiger partial charge >= 0.3 is 0 Å². The molecule has 2 heterocycles. The van der Waals surface area contributed by atoms with Gasteiger partial charge in [-0.2, -0.15) is 5.10 Å². The molecule has 0 atom stereocenters. The van der Waals surface area contributed by atoms with Gasteiger partial charge in [0.2, 0.25) is 5.91 Å². The minimum Gasteiger partial charge on any atom is -0.497 e. The molecule has 0 bridgehead atoms. The summed E-state index contributed by atoms with van der Waals surface area (Å²) in [4.78, 5) is 11.8. The first-order chi connectivity index (χ1) is 12.2. The van der Waals surface area contributed by atoms with Crippen molar-refractivity contribution in [1.82, 2.24) is 15.1 Å². The number of hydrogen-bond acceptors (Lipinski definition) is 4. The molecule has 25 heavy (non-hydrogen) atoms. The number of carbonyl (C=O) groups is 1. The maximum atomic E-state index is 11.8. The van der Waals surface area contributed by atoms with Gasteiger partial charge in [-0.15, -0.1) is 0 Å². The van der Waals surface area contributed by atoms with Crippen LogP contribution in [0.5, 0.6) is 5.75 Å². The molecule has 0 saturated carbocycles. The number of nitrogens with zero attached hydrogens (tertiary/aromatic N) is 2. The van der Waals surface area contributed by atoms with E-state index in [0.717, 1.165) is 29.1 Å². The molecule has 130 valence electrons. The molecule has 0 fully saturated rings. The molecule has 1 N–H and O–H groups in total. The molecule has 0 aliphatic carbocycles. The number of methoxy groups -OCH3 is 1. The van der Waals surface area contributed by atoms with Gasteiger partial charge in [0.15, 0.2) is 0 Å². The Morgan fingerprint density at radius 3 is 2.80 bits per heavy atom. The van der Waals surface area contributed by atoms with E-state index in [2.05, 4.69) is 10.4 Å². The molecule has 2 aromatic heterocycles. The van der Waals surface area contributed by atoms with Crippen LogP contribution in [0.25, 0.3) is 11.1 Å². The van der Waals surface area contributed by atoms with Crippen LogP contribution < -0.4 is 10.1 Å². The van der Waals surface area contributed by atoms with Crippen LogP contribution in [0.2, 0.25) is 0 Å². The van der Waals surface area contributed by atoms with Gasteiger partial charge in [-0.25, -0.2) is 0 Å². The zero-order chi connectivity index (χ0) is 17.5. The van der Waals surface area contributed by atoms with E-state index in [1.807, 2.05) is 47.4 Å². The quantitative estimate of drug-likeness (QED) is 0.684. The number of benzene rings is 1. The molecule has 0 spiro atoms. The van der Waals surface area contributed by atoms with E-state index in [1.165, 1.54) is 0 Å². The monoisotopic (exact) mass is 339 g/mol. The van der Waals surface area contributed by atoms with Crippen LogP contribution in [0.1, 0.15) is 18.6 Å². The summed E-state index contributed by atoms with van der Waals surface area (Å²) in [5.41, 5.74) is 2.13. The lowest BCUT2D eigenvalue weighted by atomic mass is 10.1. The summed E-state index contributed by atoms with van der Waals surface area (Å²) in [5, 5.41) is 7.20. The highest BCUT2D eigenvalue weighted by molar-refractivity contribution is 5.75. The predicted octanol–water partition coefficient (Wildman–Crippen LogP) is 3.25. The topological polar surface area (TPSA) is 69.3 Å². The van der Waals surface area contributed by atoms with Gasteiger partial charge in [0.05, 0.1) is 26.1 Å². The second-order valence-electron chi connectivity index (χ2n) is 5.68. The lowest BCUT2D eigenvalue weighted by Gasteiger charge is -2.04. The van der Waals surface area contributed by atoms with Crippen molar-refractivity contribution in [3.05, 3.63) is 60.8 Å². The molecule has 0 saturated heterocycles. The number of carbonyl (C=O) groups excluding carboxylic acids is 1. The summed E-state index contributed by atoms with van der Waals surface area (Å²) in [6, 6.07) is 11.5. The summed E-state index contributed by atoms with van der Waals surface area (Å²) in [5.74, 6) is 1.60. The van der Waals surface area contributed by atoms with Gasteiger partial charge < -0.3 is 14.5 Å². The van der Waals surface area contributed by atoms with Crippen LogP contribution >= 0.6 is 0 Å². The summed E-state index contributed by atoms with van der Waals surface area (Å²) >= 11 is 0. The normalized spacial score (nSPS) is 10.6. The molecule has 0 unspecified atom stereocenters. The van der Waals surface area contributed by atoms with Gasteiger partial charge in [0.25, 0.3) is 0 Å². The maximum Gasteiger partial charge on any atom is 0.220 e. The molecular weight excluding hydrogens is 318 g/mol. The molecule has 1 aromatic carbocycles. The Balaban J connectivity index is 1.44. The van der Waals surface area contributed by atoms with Crippen molar-refractivity contribution in [3.8, 4) is 16.9 Å². The van der Waals surface area contributed by atoms with Crippen molar-refractivity contribution >= 4 is 5.91 Å². The van der Waals surface area contributed by atoms with Crippen molar-refractivity contribution in [1.29, 1.82) is 0 Å². The molecule has 6 nitrogen and oxygen atoms in total. The number of aromatic nitrogens is 2. The summed E-state index contributed by atoms with van der Waals surface area (Å²) < 4.78 is 12.2. The van der Waals surface area contributed by atoms with Crippen LogP contribution in [-0.4, -0.2) is 22.8 Å². The van der Waals surface area contributed by atoms with E-state index in [4.69, 9.17) is 9.15 Å². The minimum atomic E-state index is 0.0129. The molecule has 0 radical (unpaired) electrons. The first-order valence-electron chi connectivity index (χ1n) is 8.20. The Morgan fingerprint density at radius 1 is 1.24 bits per heavy atom. The van der Waals surface area contributed by atoms with Crippen LogP contribution in [-0.2, 0) is 17.9 Å². The minimum absolute atomic E-state index is 0.0129. The fraction of sp³-hybridized carbons (Fsp3) is 0.263. The van der Waals surface area contributed by atoms with Gasteiger partial charge in [0.1, 0.15) is 11.5 Å². The Morgan fingerprint density at radius 2 is 2.08 bits per heavy atom. The zero-order valence-corrected chi connectivity index (χ0v) is 14.1. The highest BCUT2D eigenvalue weighted by Crippen LogP contribution is 2.21. The van der Waals surface area contributed by atoms with Crippen molar-refractivity contribution < 1.29 is 13.9 Å². The fourth-order valence-electron chi connectivity index (χ4n) is 2.51. The standard InChI is InChI=1S/C19H21N3O3/c1-24-17-8-6-15(7-9-17)16-12-21-22(14-16)10-2-5-19(23)20-13-18-4-3-11-25-18/h3-4,6-9,11-12,14H,2,5,10,13H2,1H3,(H,20,23). The first kappa shape index (κ1) is 16.8. The van der Waals surface area contributed by atoms with Gasteiger partial charge in [-0.3, -0.25) is 9.48 Å². The lowest BCUT2D eigenvalue weighted by Crippen LogP contribution is -2.22. The second kappa shape index (κ2) is 8.19. The van der Waals surface area contributed by atoms with Crippen molar-refractivity contribution in [2.24, 2.45) is 0 Å². The third-order valence-corrected chi connectivity index (χ3v) is 3.89. The van der Waals surface area contributed by atoms with E-state index < -0.39 is 0 Å². The molecule has 3 rings (SSSR count). The SMILES string of the molecule is COc1ccc(-c2cnn(CCCC(=O)NCc3ccco3)c2)cc1. The molecule has 0 aliphatic heterocycles. The van der Waals surface area contributed by atoms with Crippen LogP contribution in [0.4, 0.5) is 0 Å². The van der Waals surface area contributed by atoms with E-state index in [9.17, 15) is 4.79 Å². The average Bonchev–Trinajstić information content (AvgIpc) is 3.32. The largest absolute Gasteiger partial charge is 0.497 e. The smallest absolute Gasteiger partial charge is 0.220 e. The Labute approximate surface area is 146 Å². The predicted molar refractivity (Wildman–Crippen MR) is 94.0 cm³/mol. The van der Waals surface area contributed by atoms with Crippen LogP contribution in [0, 0.1) is 0 Å². The van der Waals surface area contributed by atoms with E-state index in [1.54, 1.807) is 19.4 Å². The summed E-state index contributed by atoms with van der Waals surface area (Å²) in [6.45, 7) is 1.12. The van der Waals surface area contributed by atoms with Crippen LogP contribution in [0.3, 0.4) is 0 Å². The lowest BCUT2D eigenvalue weighted by molar-refractivity contribution is -0.121. The number of rotatable bonds is 8. The van der Waals surface area contributed by atoms with Crippen molar-refractivity contribution in [2.45, 2.75) is 25.9 Å². The maximum absolute atomic E-state index is 11.8. The summed E-state index contributed by atoms with van der Waals surface area (Å²) in [6.07, 6.45) is 6.60. The third-order valence-electron chi connectivity index (χ3n) is 3.89. The highest BCUT2D eigenvalue weighted by Gasteiger charge is 2.05. The second-order valence-corrected chi connectivity index (χ2v) is 5.68. The number of aryl methyl sites for hydroxylation is 1. The number of amides is 1. The van der Waals surface area contributed by atoms with Gasteiger partial charge in [-0.05, 0) is 36.2 Å². The Kier molecular flexibility index (Phi) is 5.51. The molecular formula is C19H21N3O3. The van der Waals surface area contributed by atoms with E-state index in [0.29, 0.717) is 19.5 Å².